The van der Waals surface area contributed by atoms with Gasteiger partial charge in [0.15, 0.2) is 0 Å². The Morgan fingerprint density at radius 3 is 2.27 bits per heavy atom. The van der Waals surface area contributed by atoms with Crippen LogP contribution in [-0.4, -0.2) is 86.6 Å². The Balaban J connectivity index is 0.971. The third-order valence-corrected chi connectivity index (χ3v) is 13.9. The number of carbonyl (C=O) groups excluding carboxylic acids is 4. The van der Waals surface area contributed by atoms with Gasteiger partial charge in [-0.3, -0.25) is 9.59 Å². The summed E-state index contributed by atoms with van der Waals surface area (Å²) < 4.78 is 9.73. The Morgan fingerprint density at radius 1 is 0.881 bits per heavy atom. The first-order chi connectivity index (χ1) is 32.3. The molecule has 350 valence electrons. The highest BCUT2D eigenvalue weighted by Crippen LogP contribution is 2.58. The molecule has 1 spiro atoms. The molecule has 0 radical (unpaired) electrons. The molecule has 1 unspecified atom stereocenters. The number of ether oxygens (including phenoxy) is 2. The molecule has 4 aromatic rings. The zero-order chi connectivity index (χ0) is 47.4. The molecule has 8 rings (SSSR count). The van der Waals surface area contributed by atoms with E-state index in [1.54, 1.807) is 12.3 Å². The van der Waals surface area contributed by atoms with Gasteiger partial charge in [-0.15, -0.1) is 0 Å². The molecule has 4 amide bonds. The van der Waals surface area contributed by atoms with E-state index in [1.165, 1.54) is 14.2 Å². The van der Waals surface area contributed by atoms with Crippen molar-refractivity contribution in [2.45, 2.75) is 96.4 Å². The summed E-state index contributed by atoms with van der Waals surface area (Å²) in [5, 5.41) is 5.53. The largest absolute Gasteiger partial charge is 0.453 e. The maximum Gasteiger partial charge on any atom is 0.407 e. The highest BCUT2D eigenvalue weighted by atomic mass is 16.5. The lowest BCUT2D eigenvalue weighted by Crippen LogP contribution is -2.54. The molecule has 2 aliphatic heterocycles. The van der Waals surface area contributed by atoms with E-state index < -0.39 is 24.3 Å². The molecule has 67 heavy (non-hydrogen) atoms. The number of H-pyrrole nitrogens is 2. The van der Waals surface area contributed by atoms with Gasteiger partial charge in [-0.25, -0.2) is 19.6 Å². The van der Waals surface area contributed by atoms with Gasteiger partial charge in [0.25, 0.3) is 5.91 Å². The third-order valence-electron chi connectivity index (χ3n) is 13.9. The molecule has 14 heteroatoms. The van der Waals surface area contributed by atoms with Crippen LogP contribution in [0.5, 0.6) is 0 Å². The van der Waals surface area contributed by atoms with Crippen LogP contribution in [0.1, 0.15) is 113 Å². The van der Waals surface area contributed by atoms with Gasteiger partial charge < -0.3 is 39.9 Å². The maximum absolute atomic E-state index is 14.3. The van der Waals surface area contributed by atoms with Gasteiger partial charge in [0.2, 0.25) is 5.91 Å². The Hall–Kier alpha value is -6.96. The van der Waals surface area contributed by atoms with Crippen LogP contribution in [0.15, 0.2) is 116 Å². The van der Waals surface area contributed by atoms with E-state index in [2.05, 4.69) is 70.5 Å². The minimum atomic E-state index is -0.897. The van der Waals surface area contributed by atoms with E-state index in [0.29, 0.717) is 23.9 Å². The lowest BCUT2D eigenvalue weighted by atomic mass is 9.95. The van der Waals surface area contributed by atoms with Crippen LogP contribution in [0.25, 0.3) is 22.4 Å². The number of piperidine rings is 1. The Kier molecular flexibility index (Phi) is 13.8. The first kappa shape index (κ1) is 46.6. The molecular formula is C53H62N8O6. The highest BCUT2D eigenvalue weighted by Gasteiger charge is 2.55. The summed E-state index contributed by atoms with van der Waals surface area (Å²) in [6.45, 7) is 12.6. The fourth-order valence-electron chi connectivity index (χ4n) is 10.2. The molecule has 2 bridgehead atoms. The number of hydrogen-bond acceptors (Lipinski definition) is 8. The predicted octanol–water partition coefficient (Wildman–Crippen LogP) is 9.56. The second-order valence-corrected chi connectivity index (χ2v) is 18.7. The Labute approximate surface area is 392 Å². The molecule has 4 heterocycles. The maximum atomic E-state index is 14.3. The first-order valence-electron chi connectivity index (χ1n) is 23.3. The smallest absolute Gasteiger partial charge is 0.407 e. The molecular weight excluding hydrogens is 845 g/mol. The zero-order valence-electron chi connectivity index (χ0n) is 39.3. The van der Waals surface area contributed by atoms with Crippen LogP contribution in [0.3, 0.4) is 0 Å². The van der Waals surface area contributed by atoms with E-state index >= 15 is 0 Å². The highest BCUT2D eigenvalue weighted by molar-refractivity contribution is 5.88. The third kappa shape index (κ3) is 9.94. The number of imidazole rings is 2. The van der Waals surface area contributed by atoms with Gasteiger partial charge in [-0.05, 0) is 97.5 Å². The van der Waals surface area contributed by atoms with E-state index in [9.17, 15) is 19.2 Å². The quantitative estimate of drug-likeness (QED) is 0.0854. The van der Waals surface area contributed by atoms with Crippen molar-refractivity contribution in [2.24, 2.45) is 17.3 Å². The number of hydrogen-bond donors (Lipinski definition) is 4. The van der Waals surface area contributed by atoms with Gasteiger partial charge in [0, 0.05) is 12.6 Å². The topological polar surface area (TPSA) is 175 Å². The van der Waals surface area contributed by atoms with Crippen LogP contribution in [0, 0.1) is 17.3 Å². The zero-order valence-corrected chi connectivity index (χ0v) is 39.3. The number of aromatic amines is 2. The number of nitrogens with one attached hydrogen (secondary N) is 4. The van der Waals surface area contributed by atoms with Crippen molar-refractivity contribution in [1.82, 2.24) is 40.4 Å². The predicted molar refractivity (Wildman–Crippen MR) is 258 cm³/mol. The van der Waals surface area contributed by atoms with E-state index in [4.69, 9.17) is 19.4 Å². The molecule has 2 saturated carbocycles. The average Bonchev–Trinajstić information content (AvgIpc) is 3.97. The molecule has 2 aromatic carbocycles. The molecule has 14 nitrogen and oxygen atoms in total. The number of carbonyl (C=O) groups is 4. The minimum absolute atomic E-state index is 0.0574. The van der Waals surface area contributed by atoms with Gasteiger partial charge in [0.1, 0.15) is 23.7 Å². The number of alkyl carbamates (subject to hydrolysis) is 2. The summed E-state index contributed by atoms with van der Waals surface area (Å²) >= 11 is 0. The fraction of sp³-hybridized carbons (Fsp3) is 0.396. The number of aromatic nitrogens is 4. The van der Waals surface area contributed by atoms with E-state index in [1.807, 2.05) is 85.3 Å². The Bertz CT molecular complexity index is 2600. The van der Waals surface area contributed by atoms with Crippen molar-refractivity contribution in [3.8, 4) is 11.3 Å². The first-order valence-corrected chi connectivity index (χ1v) is 23.3. The normalized spacial score (nSPS) is 22.0. The second-order valence-electron chi connectivity index (χ2n) is 18.7. The lowest BCUT2D eigenvalue weighted by molar-refractivity contribution is -0.139. The number of likely N-dealkylation sites (tertiary alicyclic amines) is 2. The van der Waals surface area contributed by atoms with Gasteiger partial charge >= 0.3 is 12.2 Å². The molecule has 2 aliphatic carbocycles. The lowest BCUT2D eigenvalue weighted by Gasteiger charge is -2.37. The van der Waals surface area contributed by atoms with Gasteiger partial charge in [-0.2, -0.15) is 0 Å². The van der Waals surface area contributed by atoms with Crippen molar-refractivity contribution in [3.63, 3.8) is 0 Å². The van der Waals surface area contributed by atoms with Crippen LogP contribution in [-0.2, 0) is 19.1 Å². The molecule has 4 N–H and O–H groups in total. The number of fused-ring (bicyclic) bond motifs is 2. The number of allylic oxidation sites excluding steroid dienone is 9. The molecule has 2 saturated heterocycles. The van der Waals surface area contributed by atoms with Crippen molar-refractivity contribution in [3.05, 3.63) is 144 Å². The number of nitrogens with zero attached hydrogens (tertiary/aromatic N) is 4. The molecule has 6 atom stereocenters. The molecule has 4 fully saturated rings. The number of rotatable bonds is 15. The molecule has 2 aromatic heterocycles. The summed E-state index contributed by atoms with van der Waals surface area (Å²) in [5.41, 5.74) is 7.33. The summed E-state index contributed by atoms with van der Waals surface area (Å²) in [6.07, 6.45) is 20.2. The summed E-state index contributed by atoms with van der Waals surface area (Å²) in [7, 11) is 2.60. The second kappa shape index (κ2) is 19.9. The number of methoxy groups -OCH3 is 2. The van der Waals surface area contributed by atoms with Crippen LogP contribution < -0.4 is 10.6 Å². The standard InChI is InChI=1S/C53H62N8O6/c1-8-13-38(35-18-20-36(21-19-35)42-30-55-48(57-42)46-39-22-23-40(27-39)61(46)50(63)44(32(3)4)58-51(64)66-6)26-33(5)16-17-34(9-2)41-29-54-47(56-41)43-28-53(24-25-53)31-60(43)49(62)45(59-52(65)67-7)37-14-11-10-12-15-37/h8-21,26,29-30,32,39-40,43-46H,2,22-25,27-28,31H2,1,3-7H3,(H,54,56)(H,55,57)(H,58,64)(H,59,65)/b13-8-,33-16+,34-17+,38-26+/t39-,40+,43-,44-,45?,46-/m0/s1. The minimum Gasteiger partial charge on any atom is -0.453 e. The van der Waals surface area contributed by atoms with E-state index in [-0.39, 0.29) is 41.3 Å². The van der Waals surface area contributed by atoms with E-state index in [0.717, 1.165) is 83.6 Å². The van der Waals surface area contributed by atoms with Gasteiger partial charge in [-0.1, -0.05) is 117 Å². The van der Waals surface area contributed by atoms with Crippen molar-refractivity contribution >= 4 is 35.1 Å². The van der Waals surface area contributed by atoms with Crippen LogP contribution >= 0.6 is 0 Å². The number of amides is 4. The average molecular weight is 907 g/mol. The SMILES string of the molecule is C=C\C(=C/C=C(C)/C=C(\C=C/C)c1ccc(-c2cnc([C@@H]3[C@H]4CC[C@H](C4)N3C(=O)[C@@H](NC(=O)OC)C(C)C)[nH]2)cc1)c1cnc([C@@H]2CC3(CC3)CN2C(=O)C(NC(=O)OC)c2ccccc2)[nH]1. The summed E-state index contributed by atoms with van der Waals surface area (Å²) in [6, 6.07) is 15.6. The number of benzene rings is 2. The Morgan fingerprint density at radius 2 is 1.60 bits per heavy atom. The van der Waals surface area contributed by atoms with Crippen molar-refractivity contribution in [1.29, 1.82) is 0 Å². The van der Waals surface area contributed by atoms with Crippen molar-refractivity contribution in [2.75, 3.05) is 20.8 Å². The van der Waals surface area contributed by atoms with Gasteiger partial charge in [0.05, 0.1) is 50.1 Å². The fourth-order valence-corrected chi connectivity index (χ4v) is 10.2. The molecule has 4 aliphatic rings. The van der Waals surface area contributed by atoms with Crippen LogP contribution in [0.2, 0.25) is 0 Å². The summed E-state index contributed by atoms with van der Waals surface area (Å²) in [4.78, 5) is 73.4. The summed E-state index contributed by atoms with van der Waals surface area (Å²) in [5.74, 6) is 1.35. The van der Waals surface area contributed by atoms with Crippen LogP contribution in [0.4, 0.5) is 9.59 Å². The monoisotopic (exact) mass is 906 g/mol. The van der Waals surface area contributed by atoms with Crippen molar-refractivity contribution < 1.29 is 28.7 Å².